The zero-order chi connectivity index (χ0) is 15.1. The van der Waals surface area contributed by atoms with E-state index < -0.39 is 0 Å². The molecule has 0 aliphatic heterocycles. The third-order valence-electron chi connectivity index (χ3n) is 3.81. The highest BCUT2D eigenvalue weighted by molar-refractivity contribution is 7.17. The highest BCUT2D eigenvalue weighted by Crippen LogP contribution is 2.36. The van der Waals surface area contributed by atoms with Crippen LogP contribution in [0.25, 0.3) is 16.2 Å². The number of anilines is 1. The van der Waals surface area contributed by atoms with Gasteiger partial charge < -0.3 is 5.73 Å². The predicted octanol–water partition coefficient (Wildman–Crippen LogP) is 4.64. The van der Waals surface area contributed by atoms with E-state index in [4.69, 9.17) is 10.7 Å². The highest BCUT2D eigenvalue weighted by Gasteiger charge is 2.20. The largest absolute Gasteiger partial charge is 0.383 e. The average Bonchev–Trinajstić information content (AvgIpc) is 2.97. The number of aromatic nitrogens is 2. The molecule has 21 heavy (non-hydrogen) atoms. The second-order valence-electron chi connectivity index (χ2n) is 5.75. The van der Waals surface area contributed by atoms with Gasteiger partial charge in [0.1, 0.15) is 5.82 Å². The van der Waals surface area contributed by atoms with E-state index in [0.717, 1.165) is 22.9 Å². The van der Waals surface area contributed by atoms with Crippen molar-refractivity contribution >= 4 is 22.1 Å². The first kappa shape index (κ1) is 14.1. The number of hydrogen-bond acceptors (Lipinski definition) is 3. The third kappa shape index (κ3) is 2.23. The number of nitrogen functional groups attached to an aromatic ring is 1. The van der Waals surface area contributed by atoms with Gasteiger partial charge in [-0.2, -0.15) is 0 Å². The monoisotopic (exact) mass is 299 g/mol. The van der Waals surface area contributed by atoms with Crippen LogP contribution in [0.4, 0.5) is 5.82 Å². The minimum atomic E-state index is 0.341. The first-order valence-electron chi connectivity index (χ1n) is 7.39. The smallest absolute Gasteiger partial charge is 0.196 e. The maximum atomic E-state index is 6.38. The van der Waals surface area contributed by atoms with E-state index in [9.17, 15) is 0 Å². The van der Waals surface area contributed by atoms with Gasteiger partial charge in [-0.3, -0.25) is 4.40 Å². The SMILES string of the molecule is CCc1sc2nc(C(C)C)c(N)n2c1-c1ccc(C)cc1. The fraction of sp³-hybridized carbons (Fsp3) is 0.353. The number of thiazole rings is 1. The predicted molar refractivity (Wildman–Crippen MR) is 91.1 cm³/mol. The Morgan fingerprint density at radius 3 is 2.48 bits per heavy atom. The van der Waals surface area contributed by atoms with Crippen LogP contribution in [-0.4, -0.2) is 9.38 Å². The van der Waals surface area contributed by atoms with Gasteiger partial charge in [-0.15, -0.1) is 11.3 Å². The van der Waals surface area contributed by atoms with Gasteiger partial charge in [0.05, 0.1) is 11.4 Å². The van der Waals surface area contributed by atoms with Crippen LogP contribution in [0.15, 0.2) is 24.3 Å². The van der Waals surface area contributed by atoms with Crippen molar-refractivity contribution in [2.75, 3.05) is 5.73 Å². The van der Waals surface area contributed by atoms with E-state index in [2.05, 4.69) is 56.4 Å². The van der Waals surface area contributed by atoms with Crippen molar-refractivity contribution in [1.29, 1.82) is 0 Å². The molecule has 0 unspecified atom stereocenters. The van der Waals surface area contributed by atoms with Gasteiger partial charge in [0.15, 0.2) is 4.96 Å². The summed E-state index contributed by atoms with van der Waals surface area (Å²) >= 11 is 1.75. The zero-order valence-corrected chi connectivity index (χ0v) is 13.8. The van der Waals surface area contributed by atoms with Crippen LogP contribution >= 0.6 is 11.3 Å². The average molecular weight is 299 g/mol. The number of nitrogens with zero attached hydrogens (tertiary/aromatic N) is 2. The summed E-state index contributed by atoms with van der Waals surface area (Å²) in [6, 6.07) is 8.64. The Balaban J connectivity index is 2.30. The van der Waals surface area contributed by atoms with Crippen LogP contribution in [0.3, 0.4) is 0 Å². The summed E-state index contributed by atoms with van der Waals surface area (Å²) in [6.07, 6.45) is 0.994. The zero-order valence-electron chi connectivity index (χ0n) is 13.0. The van der Waals surface area contributed by atoms with Gasteiger partial charge in [0, 0.05) is 4.88 Å². The van der Waals surface area contributed by atoms with Crippen molar-refractivity contribution in [3.63, 3.8) is 0 Å². The number of hydrogen-bond donors (Lipinski definition) is 1. The number of benzene rings is 1. The van der Waals surface area contributed by atoms with Crippen LogP contribution < -0.4 is 5.73 Å². The molecule has 2 N–H and O–H groups in total. The Bertz CT molecular complexity index is 779. The Morgan fingerprint density at radius 1 is 1.24 bits per heavy atom. The van der Waals surface area contributed by atoms with E-state index in [1.807, 2.05) is 0 Å². The normalized spacial score (nSPS) is 11.7. The minimum Gasteiger partial charge on any atom is -0.383 e. The van der Waals surface area contributed by atoms with Gasteiger partial charge in [-0.25, -0.2) is 4.98 Å². The molecular weight excluding hydrogens is 278 g/mol. The molecule has 1 aromatic carbocycles. The number of rotatable bonds is 3. The fourth-order valence-corrected chi connectivity index (χ4v) is 3.76. The maximum Gasteiger partial charge on any atom is 0.196 e. The summed E-state index contributed by atoms with van der Waals surface area (Å²) in [6.45, 7) is 8.56. The van der Waals surface area contributed by atoms with Crippen molar-refractivity contribution in [3.05, 3.63) is 40.4 Å². The molecule has 3 nitrogen and oxygen atoms in total. The summed E-state index contributed by atoms with van der Waals surface area (Å²) in [5.74, 6) is 1.12. The molecule has 0 aliphatic carbocycles. The summed E-state index contributed by atoms with van der Waals surface area (Å²) in [5, 5.41) is 0. The van der Waals surface area contributed by atoms with Crippen LogP contribution in [0, 0.1) is 6.92 Å². The minimum absolute atomic E-state index is 0.341. The van der Waals surface area contributed by atoms with E-state index in [1.165, 1.54) is 21.7 Å². The highest BCUT2D eigenvalue weighted by atomic mass is 32.1. The van der Waals surface area contributed by atoms with E-state index in [0.29, 0.717) is 5.92 Å². The van der Waals surface area contributed by atoms with Gasteiger partial charge in [0.2, 0.25) is 0 Å². The lowest BCUT2D eigenvalue weighted by atomic mass is 10.1. The van der Waals surface area contributed by atoms with Crippen molar-refractivity contribution < 1.29 is 0 Å². The molecule has 0 spiro atoms. The second kappa shape index (κ2) is 5.19. The Hall–Kier alpha value is -1.81. The molecule has 0 saturated heterocycles. The summed E-state index contributed by atoms with van der Waals surface area (Å²) < 4.78 is 2.13. The number of nitrogens with two attached hydrogens (primary N) is 1. The molecule has 0 atom stereocenters. The number of aryl methyl sites for hydroxylation is 2. The molecule has 0 bridgehead atoms. The van der Waals surface area contributed by atoms with Gasteiger partial charge in [-0.05, 0) is 24.8 Å². The molecule has 110 valence electrons. The molecule has 3 aromatic rings. The lowest BCUT2D eigenvalue weighted by Crippen LogP contribution is -2.00. The van der Waals surface area contributed by atoms with E-state index in [1.54, 1.807) is 11.3 Å². The first-order chi connectivity index (χ1) is 10.0. The molecule has 3 rings (SSSR count). The Kier molecular flexibility index (Phi) is 3.49. The molecule has 0 aliphatic rings. The number of fused-ring (bicyclic) bond motifs is 1. The standard InChI is InChI=1S/C17H21N3S/c1-5-13-15(12-8-6-11(4)7-9-12)20-16(18)14(10(2)3)19-17(20)21-13/h6-10H,5,18H2,1-4H3. The lowest BCUT2D eigenvalue weighted by molar-refractivity contribution is 0.838. The van der Waals surface area contributed by atoms with Crippen LogP contribution in [0.1, 0.15) is 42.8 Å². The molecule has 0 radical (unpaired) electrons. The van der Waals surface area contributed by atoms with Crippen molar-refractivity contribution in [2.45, 2.75) is 40.0 Å². The topological polar surface area (TPSA) is 43.3 Å². The van der Waals surface area contributed by atoms with Gasteiger partial charge in [0.25, 0.3) is 0 Å². The maximum absolute atomic E-state index is 6.38. The first-order valence-corrected chi connectivity index (χ1v) is 8.21. The molecular formula is C17H21N3S. The third-order valence-corrected chi connectivity index (χ3v) is 4.99. The van der Waals surface area contributed by atoms with E-state index in [-0.39, 0.29) is 0 Å². The second-order valence-corrected chi connectivity index (χ2v) is 6.81. The fourth-order valence-electron chi connectivity index (χ4n) is 2.66. The summed E-state index contributed by atoms with van der Waals surface area (Å²) in [4.78, 5) is 7.08. The Labute approximate surface area is 129 Å². The molecule has 2 aromatic heterocycles. The molecule has 4 heteroatoms. The molecule has 2 heterocycles. The van der Waals surface area contributed by atoms with Gasteiger partial charge >= 0.3 is 0 Å². The van der Waals surface area contributed by atoms with Crippen molar-refractivity contribution in [1.82, 2.24) is 9.38 Å². The van der Waals surface area contributed by atoms with Crippen LogP contribution in [0.5, 0.6) is 0 Å². The molecule has 0 saturated carbocycles. The molecule has 0 amide bonds. The van der Waals surface area contributed by atoms with Crippen molar-refractivity contribution in [2.24, 2.45) is 0 Å². The lowest BCUT2D eigenvalue weighted by Gasteiger charge is -2.07. The van der Waals surface area contributed by atoms with Crippen LogP contribution in [-0.2, 0) is 6.42 Å². The van der Waals surface area contributed by atoms with Crippen molar-refractivity contribution in [3.8, 4) is 11.3 Å². The number of imidazole rings is 1. The Morgan fingerprint density at radius 2 is 1.90 bits per heavy atom. The van der Waals surface area contributed by atoms with Gasteiger partial charge in [-0.1, -0.05) is 50.6 Å². The van der Waals surface area contributed by atoms with Crippen LogP contribution in [0.2, 0.25) is 0 Å². The van der Waals surface area contributed by atoms with E-state index >= 15 is 0 Å². The summed E-state index contributed by atoms with van der Waals surface area (Å²) in [5.41, 5.74) is 11.1. The molecule has 0 fully saturated rings. The summed E-state index contributed by atoms with van der Waals surface area (Å²) in [7, 11) is 0. The quantitative estimate of drug-likeness (QED) is 0.765.